The molecule has 6 nitrogen and oxygen atoms in total. The topological polar surface area (TPSA) is 89.9 Å². The average Bonchev–Trinajstić information content (AvgIpc) is 2.93. The van der Waals surface area contributed by atoms with E-state index in [1.54, 1.807) is 0 Å². The second kappa shape index (κ2) is 6.79. The summed E-state index contributed by atoms with van der Waals surface area (Å²) >= 11 is 0. The number of nitrogens with zero attached hydrogens (tertiary/aromatic N) is 1. The lowest BCUT2D eigenvalue weighted by Gasteiger charge is -2.25. The van der Waals surface area contributed by atoms with Gasteiger partial charge in [-0.25, -0.2) is 9.59 Å². The number of carboxylic acids is 2. The number of likely N-dealkylation sites (tertiary alicyclic amines) is 1. The van der Waals surface area contributed by atoms with Crippen molar-refractivity contribution in [1.29, 1.82) is 0 Å². The quantitative estimate of drug-likeness (QED) is 0.665. The molecule has 120 valence electrons. The van der Waals surface area contributed by atoms with E-state index in [4.69, 9.17) is 10.2 Å². The summed E-state index contributed by atoms with van der Waals surface area (Å²) in [5.74, 6) is -2.18. The zero-order valence-corrected chi connectivity index (χ0v) is 12.7. The monoisotopic (exact) mass is 306 g/mol. The number of carboxylic acid groups (broad SMARTS) is 2. The summed E-state index contributed by atoms with van der Waals surface area (Å²) in [6, 6.07) is -0.533. The van der Waals surface area contributed by atoms with Gasteiger partial charge in [0.05, 0.1) is 0 Å². The van der Waals surface area contributed by atoms with Gasteiger partial charge < -0.3 is 15.5 Å². The van der Waals surface area contributed by atoms with E-state index < -0.39 is 18.0 Å². The molecule has 0 saturated carbocycles. The molecule has 0 aromatic rings. The van der Waals surface area contributed by atoms with Gasteiger partial charge in [-0.15, -0.1) is 0 Å². The maximum absolute atomic E-state index is 11.1. The molecule has 2 unspecified atom stereocenters. The first-order chi connectivity index (χ1) is 10.4. The van der Waals surface area contributed by atoms with Crippen molar-refractivity contribution in [1.82, 2.24) is 10.2 Å². The van der Waals surface area contributed by atoms with Crippen molar-refractivity contribution in [2.24, 2.45) is 0 Å². The minimum Gasteiger partial charge on any atom is -0.480 e. The largest absolute Gasteiger partial charge is 0.480 e. The molecule has 0 spiro atoms. The lowest BCUT2D eigenvalue weighted by molar-refractivity contribution is -0.139. The van der Waals surface area contributed by atoms with Gasteiger partial charge in [-0.1, -0.05) is 18.2 Å². The molecule has 1 saturated heterocycles. The van der Waals surface area contributed by atoms with Crippen molar-refractivity contribution in [2.45, 2.75) is 38.3 Å². The van der Waals surface area contributed by atoms with Crippen molar-refractivity contribution >= 4 is 11.9 Å². The predicted molar refractivity (Wildman–Crippen MR) is 82.4 cm³/mol. The summed E-state index contributed by atoms with van der Waals surface area (Å²) in [7, 11) is 0. The van der Waals surface area contributed by atoms with Crippen molar-refractivity contribution in [3.8, 4) is 0 Å². The first kappa shape index (κ1) is 16.3. The summed E-state index contributed by atoms with van der Waals surface area (Å²) in [4.78, 5) is 24.5. The minimum atomic E-state index is -1.14. The molecule has 2 aliphatic rings. The second-order valence-corrected chi connectivity index (χ2v) is 5.88. The number of rotatable bonds is 5. The van der Waals surface area contributed by atoms with Crippen molar-refractivity contribution in [3.05, 3.63) is 35.6 Å². The first-order valence-electron chi connectivity index (χ1n) is 7.41. The van der Waals surface area contributed by atoms with E-state index >= 15 is 0 Å². The Hall–Kier alpha value is -2.08. The summed E-state index contributed by atoms with van der Waals surface area (Å²) in [5, 5.41) is 20.7. The summed E-state index contributed by atoms with van der Waals surface area (Å²) in [6.45, 7) is 7.70. The number of hydrogen-bond donors (Lipinski definition) is 3. The molecule has 0 bridgehead atoms. The number of allylic oxidation sites excluding steroid dienone is 1. The highest BCUT2D eigenvalue weighted by molar-refractivity contribution is 5.89. The fourth-order valence-corrected chi connectivity index (χ4v) is 3.01. The Morgan fingerprint density at radius 1 is 1.50 bits per heavy atom. The van der Waals surface area contributed by atoms with Crippen LogP contribution >= 0.6 is 0 Å². The maximum atomic E-state index is 11.1. The van der Waals surface area contributed by atoms with E-state index in [1.807, 2.05) is 13.0 Å². The van der Waals surface area contributed by atoms with Crippen LogP contribution in [0.1, 0.15) is 26.2 Å². The molecule has 2 aliphatic heterocycles. The highest BCUT2D eigenvalue weighted by atomic mass is 16.4. The standard InChI is InChI=1S/C16H22N2O4/c1-10(2)14-4-3-6-18(14)7-5-11-8-12(15(19)20)17-13(9-11)16(21)22/h5,8,13-14,17H,1,3-4,6-7,9H2,2H3,(H,19,20)(H,21,22). The van der Waals surface area contributed by atoms with E-state index in [-0.39, 0.29) is 12.1 Å². The molecule has 6 heteroatoms. The summed E-state index contributed by atoms with van der Waals surface area (Å²) < 4.78 is 0. The summed E-state index contributed by atoms with van der Waals surface area (Å²) in [6.07, 6.45) is 5.95. The van der Waals surface area contributed by atoms with Crippen LogP contribution in [0.4, 0.5) is 0 Å². The molecule has 0 aliphatic carbocycles. The van der Waals surface area contributed by atoms with Gasteiger partial charge in [0, 0.05) is 19.0 Å². The number of nitrogens with one attached hydrogen (secondary N) is 1. The normalized spacial score (nSPS) is 27.3. The van der Waals surface area contributed by atoms with Gasteiger partial charge in [0.15, 0.2) is 0 Å². The Kier molecular flexibility index (Phi) is 5.03. The van der Waals surface area contributed by atoms with Crippen LogP contribution in [-0.4, -0.2) is 52.2 Å². The van der Waals surface area contributed by atoms with E-state index in [1.165, 1.54) is 6.08 Å². The molecular weight excluding hydrogens is 284 g/mol. The van der Waals surface area contributed by atoms with E-state index in [0.29, 0.717) is 12.6 Å². The van der Waals surface area contributed by atoms with Crippen LogP contribution in [0.2, 0.25) is 0 Å². The highest BCUT2D eigenvalue weighted by Gasteiger charge is 2.27. The third kappa shape index (κ3) is 3.76. The molecule has 2 heterocycles. The van der Waals surface area contributed by atoms with Gasteiger partial charge in [-0.05, 0) is 38.0 Å². The zero-order valence-electron chi connectivity index (χ0n) is 12.7. The molecule has 0 aromatic heterocycles. The molecule has 1 fully saturated rings. The van der Waals surface area contributed by atoms with Crippen LogP contribution in [0.5, 0.6) is 0 Å². The number of hydrogen-bond acceptors (Lipinski definition) is 4. The highest BCUT2D eigenvalue weighted by Crippen LogP contribution is 2.23. The fraction of sp³-hybridized carbons (Fsp3) is 0.500. The average molecular weight is 306 g/mol. The molecule has 3 N–H and O–H groups in total. The molecule has 2 rings (SSSR count). The zero-order chi connectivity index (χ0) is 16.3. The Bertz CT molecular complexity index is 550. The predicted octanol–water partition coefficient (Wildman–Crippen LogP) is 1.37. The minimum absolute atomic E-state index is 0.0669. The van der Waals surface area contributed by atoms with Crippen LogP contribution in [0, 0.1) is 0 Å². The second-order valence-electron chi connectivity index (χ2n) is 5.88. The fourth-order valence-electron chi connectivity index (χ4n) is 3.01. The Labute approximate surface area is 129 Å². The Morgan fingerprint density at radius 2 is 2.23 bits per heavy atom. The van der Waals surface area contributed by atoms with Crippen LogP contribution in [0.25, 0.3) is 0 Å². The SMILES string of the molecule is C=C(C)C1CCCN1CC=C1C=C(C(=O)O)NC(C(=O)O)C1. The van der Waals surface area contributed by atoms with Gasteiger partial charge in [0.2, 0.25) is 0 Å². The first-order valence-corrected chi connectivity index (χ1v) is 7.41. The van der Waals surface area contributed by atoms with Crippen LogP contribution < -0.4 is 5.32 Å². The van der Waals surface area contributed by atoms with Crippen molar-refractivity contribution in [2.75, 3.05) is 13.1 Å². The number of carbonyl (C=O) groups is 2. The molecule has 0 aromatic carbocycles. The van der Waals surface area contributed by atoms with E-state index in [2.05, 4.69) is 16.8 Å². The third-order valence-corrected chi connectivity index (χ3v) is 4.15. The van der Waals surface area contributed by atoms with Gasteiger partial charge in [-0.3, -0.25) is 4.90 Å². The lowest BCUT2D eigenvalue weighted by Crippen LogP contribution is -2.41. The Morgan fingerprint density at radius 3 is 2.82 bits per heavy atom. The van der Waals surface area contributed by atoms with Crippen LogP contribution in [0.3, 0.4) is 0 Å². The van der Waals surface area contributed by atoms with Gasteiger partial charge in [0.25, 0.3) is 0 Å². The van der Waals surface area contributed by atoms with Crippen LogP contribution in [0.15, 0.2) is 35.6 Å². The van der Waals surface area contributed by atoms with Gasteiger partial charge >= 0.3 is 11.9 Å². The lowest BCUT2D eigenvalue weighted by atomic mass is 9.99. The smallest absolute Gasteiger partial charge is 0.351 e. The van der Waals surface area contributed by atoms with Crippen LogP contribution in [-0.2, 0) is 9.59 Å². The molecule has 0 radical (unpaired) electrons. The summed E-state index contributed by atoms with van der Waals surface area (Å²) in [5.41, 5.74) is 1.81. The Balaban J connectivity index is 2.11. The third-order valence-electron chi connectivity index (χ3n) is 4.15. The molecular formula is C16H22N2O4. The maximum Gasteiger partial charge on any atom is 0.351 e. The molecule has 22 heavy (non-hydrogen) atoms. The van der Waals surface area contributed by atoms with Crippen molar-refractivity contribution < 1.29 is 19.8 Å². The molecule has 2 atom stereocenters. The van der Waals surface area contributed by atoms with Gasteiger partial charge in [0.1, 0.15) is 11.7 Å². The molecule has 0 amide bonds. The van der Waals surface area contributed by atoms with Gasteiger partial charge in [-0.2, -0.15) is 0 Å². The van der Waals surface area contributed by atoms with E-state index in [9.17, 15) is 9.59 Å². The van der Waals surface area contributed by atoms with Crippen molar-refractivity contribution in [3.63, 3.8) is 0 Å². The van der Waals surface area contributed by atoms with E-state index in [0.717, 1.165) is 30.5 Å². The number of aliphatic carboxylic acids is 2.